The second kappa shape index (κ2) is 10.9. The van der Waals surface area contributed by atoms with Crippen molar-refractivity contribution in [2.75, 3.05) is 26.7 Å². The maximum absolute atomic E-state index is 12.0. The summed E-state index contributed by atoms with van der Waals surface area (Å²) in [6.45, 7) is 4.41. The molecular formula is C14H28ClN3O2. The molecule has 0 saturated carbocycles. The molecule has 2 N–H and O–H groups in total. The smallest absolute Gasteiger partial charge is 0.222 e. The van der Waals surface area contributed by atoms with Crippen LogP contribution in [0.4, 0.5) is 0 Å². The zero-order valence-corrected chi connectivity index (χ0v) is 13.4. The summed E-state index contributed by atoms with van der Waals surface area (Å²) >= 11 is 0. The number of halogens is 1. The van der Waals surface area contributed by atoms with Crippen molar-refractivity contribution in [2.45, 2.75) is 51.5 Å². The van der Waals surface area contributed by atoms with Gasteiger partial charge in [-0.15, -0.1) is 12.4 Å². The van der Waals surface area contributed by atoms with Gasteiger partial charge in [-0.1, -0.05) is 6.92 Å². The van der Waals surface area contributed by atoms with Gasteiger partial charge in [0.05, 0.1) is 0 Å². The van der Waals surface area contributed by atoms with E-state index in [1.807, 2.05) is 18.9 Å². The molecule has 6 heteroatoms. The average Bonchev–Trinajstić information content (AvgIpc) is 2.45. The van der Waals surface area contributed by atoms with E-state index in [1.54, 1.807) is 0 Å². The SMILES string of the molecule is CCCNC(=O)CCCC(=O)N1CCCC(NC)C1.Cl. The monoisotopic (exact) mass is 305 g/mol. The molecule has 0 aliphatic carbocycles. The van der Waals surface area contributed by atoms with E-state index in [9.17, 15) is 9.59 Å². The Morgan fingerprint density at radius 3 is 2.70 bits per heavy atom. The molecule has 1 atom stereocenters. The van der Waals surface area contributed by atoms with Gasteiger partial charge in [0.15, 0.2) is 0 Å². The molecule has 5 nitrogen and oxygen atoms in total. The third-order valence-corrected chi connectivity index (χ3v) is 3.55. The fourth-order valence-electron chi connectivity index (χ4n) is 2.35. The Labute approximate surface area is 128 Å². The van der Waals surface area contributed by atoms with Gasteiger partial charge in [-0.05, 0) is 32.7 Å². The molecular weight excluding hydrogens is 278 g/mol. The van der Waals surface area contributed by atoms with E-state index in [0.29, 0.717) is 25.3 Å². The van der Waals surface area contributed by atoms with Crippen LogP contribution in [0.2, 0.25) is 0 Å². The van der Waals surface area contributed by atoms with Gasteiger partial charge >= 0.3 is 0 Å². The van der Waals surface area contributed by atoms with Crippen molar-refractivity contribution < 1.29 is 9.59 Å². The Kier molecular flexibility index (Phi) is 10.5. The lowest BCUT2D eigenvalue weighted by molar-refractivity contribution is -0.132. The minimum absolute atomic E-state index is 0. The molecule has 0 aromatic carbocycles. The van der Waals surface area contributed by atoms with E-state index in [-0.39, 0.29) is 24.2 Å². The summed E-state index contributed by atoms with van der Waals surface area (Å²) in [6, 6.07) is 0.422. The van der Waals surface area contributed by atoms with Crippen LogP contribution in [0.25, 0.3) is 0 Å². The quantitative estimate of drug-likeness (QED) is 0.745. The minimum Gasteiger partial charge on any atom is -0.356 e. The standard InChI is InChI=1S/C14H27N3O2.ClH/c1-3-9-16-13(18)7-4-8-14(19)17-10-5-6-12(11-17)15-2;/h12,15H,3-11H2,1-2H3,(H,16,18);1H. The molecule has 1 unspecified atom stereocenters. The molecule has 0 radical (unpaired) electrons. The van der Waals surface area contributed by atoms with Crippen LogP contribution < -0.4 is 10.6 Å². The first-order valence-electron chi connectivity index (χ1n) is 7.39. The topological polar surface area (TPSA) is 61.4 Å². The van der Waals surface area contributed by atoms with Crippen molar-refractivity contribution >= 4 is 24.2 Å². The van der Waals surface area contributed by atoms with Crippen LogP contribution >= 0.6 is 12.4 Å². The van der Waals surface area contributed by atoms with Gasteiger partial charge in [-0.2, -0.15) is 0 Å². The molecule has 1 fully saturated rings. The number of hydrogen-bond acceptors (Lipinski definition) is 3. The highest BCUT2D eigenvalue weighted by molar-refractivity contribution is 5.85. The molecule has 1 aliphatic rings. The average molecular weight is 306 g/mol. The fourth-order valence-corrected chi connectivity index (χ4v) is 2.35. The van der Waals surface area contributed by atoms with E-state index >= 15 is 0 Å². The number of likely N-dealkylation sites (N-methyl/N-ethyl adjacent to an activating group) is 1. The van der Waals surface area contributed by atoms with Crippen LogP contribution in [0.3, 0.4) is 0 Å². The Bertz CT molecular complexity index is 300. The van der Waals surface area contributed by atoms with E-state index in [1.165, 1.54) is 0 Å². The first-order chi connectivity index (χ1) is 9.17. The van der Waals surface area contributed by atoms with Crippen molar-refractivity contribution in [3.63, 3.8) is 0 Å². The van der Waals surface area contributed by atoms with E-state index in [2.05, 4.69) is 10.6 Å². The molecule has 118 valence electrons. The third-order valence-electron chi connectivity index (χ3n) is 3.55. The summed E-state index contributed by atoms with van der Waals surface area (Å²) in [5.74, 6) is 0.240. The van der Waals surface area contributed by atoms with Crippen LogP contribution in [0.1, 0.15) is 45.4 Å². The molecule has 0 aromatic heterocycles. The molecule has 1 rings (SSSR count). The van der Waals surface area contributed by atoms with Crippen molar-refractivity contribution in [2.24, 2.45) is 0 Å². The van der Waals surface area contributed by atoms with Crippen molar-refractivity contribution in [3.05, 3.63) is 0 Å². The zero-order chi connectivity index (χ0) is 14.1. The highest BCUT2D eigenvalue weighted by Gasteiger charge is 2.22. The number of nitrogens with zero attached hydrogens (tertiary/aromatic N) is 1. The summed E-state index contributed by atoms with van der Waals surface area (Å²) in [4.78, 5) is 25.4. The van der Waals surface area contributed by atoms with Crippen LogP contribution in [0.15, 0.2) is 0 Å². The number of carbonyl (C=O) groups excluding carboxylic acids is 2. The molecule has 20 heavy (non-hydrogen) atoms. The summed E-state index contributed by atoms with van der Waals surface area (Å²) in [7, 11) is 1.94. The van der Waals surface area contributed by atoms with Gasteiger partial charge < -0.3 is 15.5 Å². The molecule has 1 saturated heterocycles. The van der Waals surface area contributed by atoms with Crippen LogP contribution in [0, 0.1) is 0 Å². The summed E-state index contributed by atoms with van der Waals surface area (Å²) < 4.78 is 0. The Morgan fingerprint density at radius 2 is 2.05 bits per heavy atom. The van der Waals surface area contributed by atoms with Crippen molar-refractivity contribution in [3.8, 4) is 0 Å². The maximum atomic E-state index is 12.0. The van der Waals surface area contributed by atoms with E-state index in [0.717, 1.165) is 38.9 Å². The highest BCUT2D eigenvalue weighted by Crippen LogP contribution is 2.12. The number of nitrogens with one attached hydrogen (secondary N) is 2. The fraction of sp³-hybridized carbons (Fsp3) is 0.857. The van der Waals surface area contributed by atoms with Gasteiger partial charge in [0, 0.05) is 38.5 Å². The zero-order valence-electron chi connectivity index (χ0n) is 12.6. The second-order valence-electron chi connectivity index (χ2n) is 5.17. The number of hydrogen-bond donors (Lipinski definition) is 2. The predicted molar refractivity (Wildman–Crippen MR) is 83.1 cm³/mol. The number of amides is 2. The molecule has 2 amide bonds. The first kappa shape index (κ1) is 19.2. The highest BCUT2D eigenvalue weighted by atomic mass is 35.5. The molecule has 1 heterocycles. The summed E-state index contributed by atoms with van der Waals surface area (Å²) in [5, 5.41) is 6.06. The summed E-state index contributed by atoms with van der Waals surface area (Å²) in [6.07, 6.45) is 4.73. The van der Waals surface area contributed by atoms with Gasteiger partial charge in [-0.3, -0.25) is 9.59 Å². The molecule has 0 spiro atoms. The lowest BCUT2D eigenvalue weighted by Gasteiger charge is -2.32. The first-order valence-corrected chi connectivity index (χ1v) is 7.39. The van der Waals surface area contributed by atoms with Gasteiger partial charge in [-0.25, -0.2) is 0 Å². The number of carbonyl (C=O) groups is 2. The number of likely N-dealkylation sites (tertiary alicyclic amines) is 1. The van der Waals surface area contributed by atoms with Gasteiger partial charge in [0.1, 0.15) is 0 Å². The summed E-state index contributed by atoms with van der Waals surface area (Å²) in [5.41, 5.74) is 0. The number of rotatable bonds is 7. The van der Waals surface area contributed by atoms with Gasteiger partial charge in [0.2, 0.25) is 11.8 Å². The molecule has 0 aromatic rings. The lowest BCUT2D eigenvalue weighted by atomic mass is 10.1. The Balaban J connectivity index is 0.00000361. The maximum Gasteiger partial charge on any atom is 0.222 e. The van der Waals surface area contributed by atoms with Crippen LogP contribution in [-0.4, -0.2) is 49.4 Å². The Morgan fingerprint density at radius 1 is 1.30 bits per heavy atom. The Hall–Kier alpha value is -0.810. The van der Waals surface area contributed by atoms with Crippen LogP contribution in [-0.2, 0) is 9.59 Å². The van der Waals surface area contributed by atoms with Crippen molar-refractivity contribution in [1.29, 1.82) is 0 Å². The van der Waals surface area contributed by atoms with Gasteiger partial charge in [0.25, 0.3) is 0 Å². The predicted octanol–water partition coefficient (Wildman–Crippen LogP) is 1.32. The van der Waals surface area contributed by atoms with Crippen LogP contribution in [0.5, 0.6) is 0 Å². The largest absolute Gasteiger partial charge is 0.356 e. The van der Waals surface area contributed by atoms with E-state index < -0.39 is 0 Å². The molecule has 0 bridgehead atoms. The number of piperidine rings is 1. The minimum atomic E-state index is 0. The second-order valence-corrected chi connectivity index (χ2v) is 5.17. The van der Waals surface area contributed by atoms with Crippen molar-refractivity contribution in [1.82, 2.24) is 15.5 Å². The third kappa shape index (κ3) is 7.10. The molecule has 1 aliphatic heterocycles. The normalized spacial score (nSPS) is 18.3. The lowest BCUT2D eigenvalue weighted by Crippen LogP contribution is -2.46. The van der Waals surface area contributed by atoms with E-state index in [4.69, 9.17) is 0 Å².